The normalized spacial score (nSPS) is 13.5. The third-order valence-electron chi connectivity index (χ3n) is 4.70. The van der Waals surface area contributed by atoms with Crippen molar-refractivity contribution in [2.45, 2.75) is 13.0 Å². The maximum Gasteiger partial charge on any atom is 0.223 e. The summed E-state index contributed by atoms with van der Waals surface area (Å²) in [6.45, 7) is 1.49. The molecule has 1 aliphatic heterocycles. The molecule has 0 amide bonds. The van der Waals surface area contributed by atoms with Gasteiger partial charge in [-0.3, -0.25) is 0 Å². The highest BCUT2D eigenvalue weighted by Crippen LogP contribution is 2.29. The van der Waals surface area contributed by atoms with Crippen molar-refractivity contribution in [2.24, 2.45) is 0 Å². The van der Waals surface area contributed by atoms with E-state index in [9.17, 15) is 0 Å². The van der Waals surface area contributed by atoms with Gasteiger partial charge < -0.3 is 15.4 Å². The topological polar surface area (TPSA) is 94.5 Å². The molecule has 130 valence electrons. The Bertz CT molecular complexity index is 1140. The van der Waals surface area contributed by atoms with Gasteiger partial charge in [-0.1, -0.05) is 12.1 Å². The van der Waals surface area contributed by atoms with Gasteiger partial charge in [0.1, 0.15) is 17.1 Å². The second-order valence-electron chi connectivity index (χ2n) is 6.25. The van der Waals surface area contributed by atoms with Crippen molar-refractivity contribution in [1.82, 2.24) is 24.6 Å². The molecular formula is C18H17N7O. The van der Waals surface area contributed by atoms with Gasteiger partial charge in [-0.05, 0) is 30.2 Å². The largest absolute Gasteiger partial charge is 0.494 e. The van der Waals surface area contributed by atoms with Crippen LogP contribution in [0.5, 0.6) is 5.75 Å². The van der Waals surface area contributed by atoms with Crippen LogP contribution in [0, 0.1) is 0 Å². The van der Waals surface area contributed by atoms with Gasteiger partial charge in [-0.25, -0.2) is 15.0 Å². The van der Waals surface area contributed by atoms with E-state index in [0.29, 0.717) is 29.3 Å². The highest BCUT2D eigenvalue weighted by Gasteiger charge is 2.22. The number of anilines is 2. The second kappa shape index (κ2) is 5.55. The number of hydrogen-bond acceptors (Lipinski definition) is 7. The number of pyridine rings is 1. The van der Waals surface area contributed by atoms with Crippen molar-refractivity contribution in [3.8, 4) is 5.75 Å². The Morgan fingerprint density at radius 3 is 3.00 bits per heavy atom. The summed E-state index contributed by atoms with van der Waals surface area (Å²) in [5.74, 6) is 2.64. The second-order valence-corrected chi connectivity index (χ2v) is 6.25. The van der Waals surface area contributed by atoms with E-state index < -0.39 is 0 Å². The monoisotopic (exact) mass is 347 g/mol. The number of aromatic nitrogens is 5. The molecule has 0 unspecified atom stereocenters. The van der Waals surface area contributed by atoms with Crippen molar-refractivity contribution in [3.63, 3.8) is 0 Å². The molecule has 4 aromatic rings. The summed E-state index contributed by atoms with van der Waals surface area (Å²) in [6.07, 6.45) is 2.80. The Hall–Kier alpha value is -3.42. The van der Waals surface area contributed by atoms with Crippen molar-refractivity contribution in [3.05, 3.63) is 47.9 Å². The molecule has 0 atom stereocenters. The van der Waals surface area contributed by atoms with Crippen LogP contribution in [0.25, 0.3) is 16.6 Å². The first kappa shape index (κ1) is 14.9. The van der Waals surface area contributed by atoms with Gasteiger partial charge in [0.25, 0.3) is 0 Å². The summed E-state index contributed by atoms with van der Waals surface area (Å²) >= 11 is 0. The highest BCUT2D eigenvalue weighted by atomic mass is 16.5. The number of nitrogen functional groups attached to an aromatic ring is 1. The molecule has 0 spiro atoms. The molecule has 0 radical (unpaired) electrons. The molecule has 2 N–H and O–H groups in total. The quantitative estimate of drug-likeness (QED) is 0.604. The number of rotatable bonds is 3. The zero-order valence-electron chi connectivity index (χ0n) is 14.3. The number of benzene rings is 1. The Balaban J connectivity index is 1.60. The van der Waals surface area contributed by atoms with E-state index >= 15 is 0 Å². The van der Waals surface area contributed by atoms with E-state index in [0.717, 1.165) is 24.2 Å². The minimum Gasteiger partial charge on any atom is -0.494 e. The van der Waals surface area contributed by atoms with Crippen LogP contribution >= 0.6 is 0 Å². The average molecular weight is 347 g/mol. The van der Waals surface area contributed by atoms with E-state index in [-0.39, 0.29) is 5.95 Å². The molecule has 26 heavy (non-hydrogen) atoms. The Kier molecular flexibility index (Phi) is 3.18. The summed E-state index contributed by atoms with van der Waals surface area (Å²) in [6, 6.07) is 9.80. The molecule has 0 saturated heterocycles. The average Bonchev–Trinajstić information content (AvgIpc) is 3.27. The first-order valence-electron chi connectivity index (χ1n) is 8.41. The van der Waals surface area contributed by atoms with Crippen LogP contribution in [0.15, 0.2) is 36.5 Å². The molecule has 8 nitrogen and oxygen atoms in total. The number of fused-ring (bicyclic) bond motifs is 4. The maximum atomic E-state index is 6.11. The van der Waals surface area contributed by atoms with Gasteiger partial charge in [0.05, 0.1) is 13.7 Å². The maximum absolute atomic E-state index is 6.11. The van der Waals surface area contributed by atoms with Crippen LogP contribution in [0.1, 0.15) is 11.4 Å². The fourth-order valence-corrected chi connectivity index (χ4v) is 3.50. The van der Waals surface area contributed by atoms with Gasteiger partial charge in [0.2, 0.25) is 5.95 Å². The summed E-state index contributed by atoms with van der Waals surface area (Å²) in [5, 5.41) is 5.42. The van der Waals surface area contributed by atoms with Crippen molar-refractivity contribution < 1.29 is 4.74 Å². The fraction of sp³-hybridized carbons (Fsp3) is 0.222. The lowest BCUT2D eigenvalue weighted by Gasteiger charge is -2.15. The SMILES string of the molecule is COc1cccc2c1nc(N)n1nc(CN3CCc4cccnc43)nc21. The van der Waals surface area contributed by atoms with Gasteiger partial charge >= 0.3 is 0 Å². The summed E-state index contributed by atoms with van der Waals surface area (Å²) in [4.78, 5) is 15.8. The van der Waals surface area contributed by atoms with Crippen LogP contribution in [0.4, 0.5) is 11.8 Å². The third-order valence-corrected chi connectivity index (χ3v) is 4.70. The smallest absolute Gasteiger partial charge is 0.223 e. The zero-order chi connectivity index (χ0) is 17.7. The lowest BCUT2D eigenvalue weighted by atomic mass is 10.2. The molecule has 0 aliphatic carbocycles. The Labute approximate surface area is 149 Å². The molecule has 0 bridgehead atoms. The van der Waals surface area contributed by atoms with Crippen molar-refractivity contribution in [1.29, 1.82) is 0 Å². The van der Waals surface area contributed by atoms with Gasteiger partial charge in [-0.15, -0.1) is 5.10 Å². The van der Waals surface area contributed by atoms with Crippen LogP contribution in [-0.2, 0) is 13.0 Å². The number of methoxy groups -OCH3 is 1. The number of para-hydroxylation sites is 1. The van der Waals surface area contributed by atoms with Crippen LogP contribution < -0.4 is 15.4 Å². The molecule has 1 aliphatic rings. The minimum absolute atomic E-state index is 0.288. The lowest BCUT2D eigenvalue weighted by Crippen LogP contribution is -2.21. The molecule has 1 aromatic carbocycles. The van der Waals surface area contributed by atoms with Gasteiger partial charge in [0, 0.05) is 18.1 Å². The van der Waals surface area contributed by atoms with Crippen LogP contribution in [-0.4, -0.2) is 38.2 Å². The van der Waals surface area contributed by atoms with E-state index in [1.54, 1.807) is 11.6 Å². The molecule has 4 heterocycles. The van der Waals surface area contributed by atoms with E-state index in [1.165, 1.54) is 5.56 Å². The van der Waals surface area contributed by atoms with Crippen molar-refractivity contribution in [2.75, 3.05) is 24.3 Å². The number of nitrogens with two attached hydrogens (primary N) is 1. The van der Waals surface area contributed by atoms with Crippen LogP contribution in [0.3, 0.4) is 0 Å². The summed E-state index contributed by atoms with van der Waals surface area (Å²) < 4.78 is 6.98. The molecule has 3 aromatic heterocycles. The third kappa shape index (κ3) is 2.15. The Morgan fingerprint density at radius 2 is 2.12 bits per heavy atom. The molecular weight excluding hydrogens is 330 g/mol. The molecule has 8 heteroatoms. The first-order chi connectivity index (χ1) is 12.7. The van der Waals surface area contributed by atoms with Crippen molar-refractivity contribution >= 4 is 28.3 Å². The van der Waals surface area contributed by atoms with Crippen LogP contribution in [0.2, 0.25) is 0 Å². The highest BCUT2D eigenvalue weighted by molar-refractivity contribution is 5.95. The van der Waals surface area contributed by atoms with Gasteiger partial charge in [-0.2, -0.15) is 4.52 Å². The van der Waals surface area contributed by atoms with E-state index in [4.69, 9.17) is 15.5 Å². The zero-order valence-corrected chi connectivity index (χ0v) is 14.3. The number of nitrogens with zero attached hydrogens (tertiary/aromatic N) is 6. The van der Waals surface area contributed by atoms with E-state index in [2.05, 4.69) is 26.0 Å². The molecule has 5 rings (SSSR count). The minimum atomic E-state index is 0.288. The predicted molar refractivity (Wildman–Crippen MR) is 98.2 cm³/mol. The number of ether oxygens (including phenoxy) is 1. The fourth-order valence-electron chi connectivity index (χ4n) is 3.50. The summed E-state index contributed by atoms with van der Waals surface area (Å²) in [7, 11) is 1.61. The molecule has 0 fully saturated rings. The molecule has 0 saturated carbocycles. The first-order valence-corrected chi connectivity index (χ1v) is 8.41. The van der Waals surface area contributed by atoms with E-state index in [1.807, 2.05) is 30.5 Å². The van der Waals surface area contributed by atoms with Gasteiger partial charge in [0.15, 0.2) is 11.5 Å². The number of hydrogen-bond donors (Lipinski definition) is 1. The Morgan fingerprint density at radius 1 is 1.19 bits per heavy atom. The predicted octanol–water partition coefficient (Wildman–Crippen LogP) is 1.83. The standard InChI is InChI=1S/C18H17N7O/c1-26-13-6-2-5-12-15(13)22-18(19)25-17(12)21-14(23-25)10-24-9-7-11-4-3-8-20-16(11)24/h2-6,8H,7,9-10H2,1H3,(H2,19,22). The lowest BCUT2D eigenvalue weighted by molar-refractivity contribution is 0.419. The summed E-state index contributed by atoms with van der Waals surface area (Å²) in [5.41, 5.74) is 8.74.